The van der Waals surface area contributed by atoms with Gasteiger partial charge < -0.3 is 5.73 Å². The molecule has 1 saturated carbocycles. The molecule has 0 spiro atoms. The van der Waals surface area contributed by atoms with Crippen molar-refractivity contribution < 1.29 is 0 Å². The Bertz CT molecular complexity index is 161. The van der Waals surface area contributed by atoms with E-state index in [4.69, 9.17) is 5.73 Å². The molecule has 0 heterocycles. The summed E-state index contributed by atoms with van der Waals surface area (Å²) in [4.78, 5) is 0. The fourth-order valence-corrected chi connectivity index (χ4v) is 2.67. The molecule has 2 N–H and O–H groups in total. The molecule has 0 saturated heterocycles. The number of unbranched alkanes of at least 4 members (excludes halogenated alkanes) is 8. The third-order valence-corrected chi connectivity index (χ3v) is 4.13. The second kappa shape index (κ2) is 8.11. The molecule has 0 aliphatic heterocycles. The van der Waals surface area contributed by atoms with Gasteiger partial charge in [-0.25, -0.2) is 0 Å². The quantitative estimate of drug-likeness (QED) is 0.532. The van der Waals surface area contributed by atoms with Gasteiger partial charge in [0.05, 0.1) is 0 Å². The lowest BCUT2D eigenvalue weighted by atomic mass is 9.74. The molecule has 1 nitrogen and oxygen atoms in total. The van der Waals surface area contributed by atoms with Gasteiger partial charge in [0.1, 0.15) is 0 Å². The molecule has 0 bridgehead atoms. The zero-order chi connectivity index (χ0) is 11.7. The van der Waals surface area contributed by atoms with Gasteiger partial charge in [-0.05, 0) is 25.7 Å². The Hall–Kier alpha value is -0.0400. The summed E-state index contributed by atoms with van der Waals surface area (Å²) >= 11 is 0. The van der Waals surface area contributed by atoms with Crippen LogP contribution in [0.4, 0.5) is 0 Å². The van der Waals surface area contributed by atoms with E-state index in [1.54, 1.807) is 0 Å². The van der Waals surface area contributed by atoms with Crippen LogP contribution in [0.3, 0.4) is 0 Å². The van der Waals surface area contributed by atoms with Crippen LogP contribution in [0.15, 0.2) is 0 Å². The minimum absolute atomic E-state index is 0.265. The Kier molecular flexibility index (Phi) is 7.11. The Morgan fingerprint density at radius 2 is 1.31 bits per heavy atom. The summed E-state index contributed by atoms with van der Waals surface area (Å²) in [5.41, 5.74) is 6.46. The van der Waals surface area contributed by atoms with E-state index in [1.165, 1.54) is 83.5 Å². The van der Waals surface area contributed by atoms with Gasteiger partial charge in [-0.2, -0.15) is 0 Å². The molecule has 1 fully saturated rings. The van der Waals surface area contributed by atoms with Crippen LogP contribution in [0.5, 0.6) is 0 Å². The van der Waals surface area contributed by atoms with E-state index in [1.807, 2.05) is 0 Å². The molecule has 0 aromatic rings. The Balaban J connectivity index is 1.74. The first kappa shape index (κ1) is 14.0. The van der Waals surface area contributed by atoms with E-state index in [9.17, 15) is 0 Å². The summed E-state index contributed by atoms with van der Waals surface area (Å²) in [5, 5.41) is 0. The number of rotatable bonds is 10. The monoisotopic (exact) mass is 225 g/mol. The highest BCUT2D eigenvalue weighted by Gasteiger charge is 2.31. The average molecular weight is 225 g/mol. The van der Waals surface area contributed by atoms with Crippen LogP contribution in [-0.2, 0) is 0 Å². The van der Waals surface area contributed by atoms with Crippen molar-refractivity contribution in [3.8, 4) is 0 Å². The Morgan fingerprint density at radius 3 is 1.75 bits per heavy atom. The molecular formula is C15H31N. The zero-order valence-electron chi connectivity index (χ0n) is 11.3. The minimum Gasteiger partial charge on any atom is -0.325 e. The maximum absolute atomic E-state index is 6.20. The molecule has 0 amide bonds. The Morgan fingerprint density at radius 1 is 0.812 bits per heavy atom. The maximum atomic E-state index is 6.20. The van der Waals surface area contributed by atoms with Gasteiger partial charge >= 0.3 is 0 Å². The standard InChI is InChI=1S/C15H31N/c1-2-3-4-5-6-7-8-9-10-12-15(16)13-11-14-15/h2-14,16H2,1H3. The van der Waals surface area contributed by atoms with Crippen molar-refractivity contribution in [2.45, 2.75) is 95.9 Å². The molecule has 1 aliphatic rings. The summed E-state index contributed by atoms with van der Waals surface area (Å²) < 4.78 is 0. The highest BCUT2D eigenvalue weighted by Crippen LogP contribution is 2.33. The zero-order valence-corrected chi connectivity index (χ0v) is 11.3. The van der Waals surface area contributed by atoms with Crippen molar-refractivity contribution in [2.24, 2.45) is 5.73 Å². The molecule has 16 heavy (non-hydrogen) atoms. The van der Waals surface area contributed by atoms with Crippen LogP contribution in [0, 0.1) is 0 Å². The molecule has 1 heteroatoms. The van der Waals surface area contributed by atoms with Crippen LogP contribution < -0.4 is 5.73 Å². The lowest BCUT2D eigenvalue weighted by molar-refractivity contribution is 0.224. The highest BCUT2D eigenvalue weighted by molar-refractivity contribution is 4.91. The van der Waals surface area contributed by atoms with Gasteiger partial charge in [-0.15, -0.1) is 0 Å². The van der Waals surface area contributed by atoms with E-state index < -0.39 is 0 Å². The smallest absolute Gasteiger partial charge is 0.0154 e. The maximum Gasteiger partial charge on any atom is 0.0154 e. The van der Waals surface area contributed by atoms with E-state index in [0.29, 0.717) is 0 Å². The summed E-state index contributed by atoms with van der Waals surface area (Å²) in [6, 6.07) is 0. The third kappa shape index (κ3) is 5.89. The molecule has 0 atom stereocenters. The summed E-state index contributed by atoms with van der Waals surface area (Å²) in [7, 11) is 0. The largest absolute Gasteiger partial charge is 0.325 e. The molecule has 0 aromatic heterocycles. The summed E-state index contributed by atoms with van der Waals surface area (Å²) in [6.07, 6.45) is 18.0. The van der Waals surface area contributed by atoms with Crippen LogP contribution in [-0.4, -0.2) is 5.54 Å². The second-order valence-corrected chi connectivity index (χ2v) is 5.79. The Labute approximate surface area is 102 Å². The van der Waals surface area contributed by atoms with Gasteiger partial charge in [-0.3, -0.25) is 0 Å². The molecule has 1 aliphatic carbocycles. The first-order valence-corrected chi connectivity index (χ1v) is 7.56. The van der Waals surface area contributed by atoms with Gasteiger partial charge in [0.25, 0.3) is 0 Å². The predicted molar refractivity (Wildman–Crippen MR) is 72.6 cm³/mol. The number of nitrogens with two attached hydrogens (primary N) is 1. The SMILES string of the molecule is CCCCCCCCCCCC1(N)CCC1. The molecule has 0 radical (unpaired) electrons. The number of hydrogen-bond acceptors (Lipinski definition) is 1. The summed E-state index contributed by atoms with van der Waals surface area (Å²) in [5.74, 6) is 0. The molecular weight excluding hydrogens is 194 g/mol. The van der Waals surface area contributed by atoms with Gasteiger partial charge in [0.15, 0.2) is 0 Å². The van der Waals surface area contributed by atoms with Crippen LogP contribution >= 0.6 is 0 Å². The van der Waals surface area contributed by atoms with Crippen LogP contribution in [0.2, 0.25) is 0 Å². The lowest BCUT2D eigenvalue weighted by Gasteiger charge is -2.38. The molecule has 0 aromatic carbocycles. The van der Waals surface area contributed by atoms with Crippen molar-refractivity contribution in [3.05, 3.63) is 0 Å². The van der Waals surface area contributed by atoms with E-state index in [0.717, 1.165) is 0 Å². The number of hydrogen-bond donors (Lipinski definition) is 1. The van der Waals surface area contributed by atoms with Crippen molar-refractivity contribution in [2.75, 3.05) is 0 Å². The molecule has 96 valence electrons. The average Bonchev–Trinajstić information content (AvgIpc) is 2.24. The lowest BCUT2D eigenvalue weighted by Crippen LogP contribution is -2.46. The van der Waals surface area contributed by atoms with Gasteiger partial charge in [0, 0.05) is 5.54 Å². The van der Waals surface area contributed by atoms with Crippen molar-refractivity contribution in [1.29, 1.82) is 0 Å². The van der Waals surface area contributed by atoms with E-state index >= 15 is 0 Å². The minimum atomic E-state index is 0.265. The van der Waals surface area contributed by atoms with Crippen molar-refractivity contribution in [1.82, 2.24) is 0 Å². The molecule has 1 rings (SSSR count). The van der Waals surface area contributed by atoms with E-state index in [2.05, 4.69) is 6.92 Å². The summed E-state index contributed by atoms with van der Waals surface area (Å²) in [6.45, 7) is 2.28. The van der Waals surface area contributed by atoms with Crippen molar-refractivity contribution >= 4 is 0 Å². The van der Waals surface area contributed by atoms with Gasteiger partial charge in [-0.1, -0.05) is 64.7 Å². The normalized spacial score (nSPS) is 18.4. The van der Waals surface area contributed by atoms with Crippen LogP contribution in [0.1, 0.15) is 90.4 Å². The topological polar surface area (TPSA) is 26.0 Å². The third-order valence-electron chi connectivity index (χ3n) is 4.13. The first-order chi connectivity index (χ1) is 7.77. The van der Waals surface area contributed by atoms with Crippen LogP contribution in [0.25, 0.3) is 0 Å². The highest BCUT2D eigenvalue weighted by atomic mass is 14.8. The molecule has 0 unspecified atom stereocenters. The fourth-order valence-electron chi connectivity index (χ4n) is 2.67. The van der Waals surface area contributed by atoms with Crippen molar-refractivity contribution in [3.63, 3.8) is 0 Å². The first-order valence-electron chi connectivity index (χ1n) is 7.56. The predicted octanol–water partition coefficient (Wildman–Crippen LogP) is 4.79. The fraction of sp³-hybridized carbons (Fsp3) is 1.00. The van der Waals surface area contributed by atoms with Gasteiger partial charge in [0.2, 0.25) is 0 Å². The second-order valence-electron chi connectivity index (χ2n) is 5.79. The van der Waals surface area contributed by atoms with E-state index in [-0.39, 0.29) is 5.54 Å².